The summed E-state index contributed by atoms with van der Waals surface area (Å²) < 4.78 is 19.8. The molecule has 0 aromatic heterocycles. The summed E-state index contributed by atoms with van der Waals surface area (Å²) in [5.74, 6) is -3.07. The topological polar surface area (TPSA) is 104 Å². The molecule has 0 radical (unpaired) electrons. The lowest BCUT2D eigenvalue weighted by molar-refractivity contribution is -0.140. The summed E-state index contributed by atoms with van der Waals surface area (Å²) in [6.07, 6.45) is 1.40. The Morgan fingerprint density at radius 2 is 1.72 bits per heavy atom. The Hall–Kier alpha value is -3.68. The van der Waals surface area contributed by atoms with Gasteiger partial charge in [0, 0.05) is 24.1 Å². The van der Waals surface area contributed by atoms with E-state index in [-0.39, 0.29) is 24.1 Å². The molecule has 0 aliphatic carbocycles. The normalized spacial score (nSPS) is 17.6. The van der Waals surface area contributed by atoms with Crippen molar-refractivity contribution in [3.05, 3.63) is 71.0 Å². The molecule has 1 saturated heterocycles. The highest BCUT2D eigenvalue weighted by molar-refractivity contribution is 6.46. The van der Waals surface area contributed by atoms with Gasteiger partial charge in [0.2, 0.25) is 0 Å². The summed E-state index contributed by atoms with van der Waals surface area (Å²) in [5, 5.41) is 19.7. The maximum Gasteiger partial charge on any atom is 0.303 e. The fraction of sp³-hybridized carbons (Fsp3) is 0.292. The SMILES string of the molecule is COc1ccc(C(O)=C2C(=O)C(=O)N(CCCCCC(=O)O)[C@H]2c2ccccc2F)cc1. The number of carboxylic acids is 1. The van der Waals surface area contributed by atoms with Crippen molar-refractivity contribution in [2.75, 3.05) is 13.7 Å². The van der Waals surface area contributed by atoms with Crippen LogP contribution in [0.3, 0.4) is 0 Å². The van der Waals surface area contributed by atoms with Crippen LogP contribution in [0, 0.1) is 5.82 Å². The van der Waals surface area contributed by atoms with Crippen LogP contribution >= 0.6 is 0 Å². The van der Waals surface area contributed by atoms with Crippen LogP contribution in [0.15, 0.2) is 54.1 Å². The van der Waals surface area contributed by atoms with Crippen LogP contribution in [-0.4, -0.2) is 46.4 Å². The van der Waals surface area contributed by atoms with Gasteiger partial charge in [0.15, 0.2) is 0 Å². The monoisotopic (exact) mass is 441 g/mol. The molecule has 2 aromatic rings. The molecule has 0 spiro atoms. The molecule has 0 bridgehead atoms. The Labute approximate surface area is 184 Å². The van der Waals surface area contributed by atoms with Gasteiger partial charge in [0.25, 0.3) is 11.7 Å². The Kier molecular flexibility index (Phi) is 7.25. The van der Waals surface area contributed by atoms with E-state index in [1.807, 2.05) is 0 Å². The smallest absolute Gasteiger partial charge is 0.303 e. The number of nitrogens with zero attached hydrogens (tertiary/aromatic N) is 1. The molecular weight excluding hydrogens is 417 g/mol. The second kappa shape index (κ2) is 10.1. The lowest BCUT2D eigenvalue weighted by Crippen LogP contribution is -2.31. The molecule has 1 aliphatic rings. The zero-order chi connectivity index (χ0) is 23.3. The summed E-state index contributed by atoms with van der Waals surface area (Å²) >= 11 is 0. The third-order valence-corrected chi connectivity index (χ3v) is 5.39. The molecule has 1 heterocycles. The van der Waals surface area contributed by atoms with Gasteiger partial charge in [0.1, 0.15) is 17.3 Å². The molecule has 1 amide bonds. The van der Waals surface area contributed by atoms with Gasteiger partial charge in [-0.05, 0) is 43.2 Å². The molecule has 32 heavy (non-hydrogen) atoms. The number of unbranched alkanes of at least 4 members (excludes halogenated alkanes) is 2. The van der Waals surface area contributed by atoms with Crippen LogP contribution in [0.2, 0.25) is 0 Å². The minimum atomic E-state index is -1.09. The maximum absolute atomic E-state index is 14.7. The highest BCUT2D eigenvalue weighted by atomic mass is 19.1. The standard InChI is InChI=1S/C24H24FNO6/c1-32-16-12-10-15(11-13-16)22(29)20-21(17-7-4-5-8-18(17)25)26(24(31)23(20)30)14-6-2-3-9-19(27)28/h4-5,7-8,10-13,21,29H,2-3,6,9,14H2,1H3,(H,27,28)/t21-/m0/s1. The van der Waals surface area contributed by atoms with Gasteiger partial charge in [0.05, 0.1) is 18.7 Å². The van der Waals surface area contributed by atoms with Crippen LogP contribution in [0.4, 0.5) is 4.39 Å². The highest BCUT2D eigenvalue weighted by Gasteiger charge is 2.46. The van der Waals surface area contributed by atoms with E-state index in [0.29, 0.717) is 30.6 Å². The van der Waals surface area contributed by atoms with Crippen molar-refractivity contribution in [1.82, 2.24) is 4.90 Å². The number of methoxy groups -OCH3 is 1. The molecule has 7 nitrogen and oxygen atoms in total. The lowest BCUT2D eigenvalue weighted by Gasteiger charge is -2.25. The first-order chi connectivity index (χ1) is 15.3. The fourth-order valence-corrected chi connectivity index (χ4v) is 3.77. The number of Topliss-reactive ketones (excluding diaryl/α,β-unsaturated/α-hetero) is 1. The van der Waals surface area contributed by atoms with Gasteiger partial charge in [-0.3, -0.25) is 14.4 Å². The van der Waals surface area contributed by atoms with E-state index in [9.17, 15) is 23.9 Å². The number of ketones is 1. The molecule has 0 saturated carbocycles. The number of hydrogen-bond donors (Lipinski definition) is 2. The Morgan fingerprint density at radius 3 is 2.34 bits per heavy atom. The largest absolute Gasteiger partial charge is 0.507 e. The molecule has 2 N–H and O–H groups in total. The number of halogens is 1. The molecule has 1 fully saturated rings. The van der Waals surface area contributed by atoms with E-state index in [2.05, 4.69) is 0 Å². The molecule has 2 aromatic carbocycles. The van der Waals surface area contributed by atoms with Gasteiger partial charge in [-0.1, -0.05) is 24.6 Å². The Balaban J connectivity index is 1.99. The molecule has 168 valence electrons. The summed E-state index contributed by atoms with van der Waals surface area (Å²) in [4.78, 5) is 37.6. The molecular formula is C24H24FNO6. The van der Waals surface area contributed by atoms with Crippen molar-refractivity contribution in [1.29, 1.82) is 0 Å². The molecule has 8 heteroatoms. The number of aliphatic hydroxyl groups is 1. The quantitative estimate of drug-likeness (QED) is 0.265. The lowest BCUT2D eigenvalue weighted by atomic mass is 9.95. The van der Waals surface area contributed by atoms with Crippen LogP contribution in [0.5, 0.6) is 5.75 Å². The van der Waals surface area contributed by atoms with Gasteiger partial charge in [-0.25, -0.2) is 4.39 Å². The van der Waals surface area contributed by atoms with Gasteiger partial charge >= 0.3 is 5.97 Å². The molecule has 3 rings (SSSR count). The van der Waals surface area contributed by atoms with E-state index >= 15 is 0 Å². The number of rotatable bonds is 9. The van der Waals surface area contributed by atoms with E-state index in [4.69, 9.17) is 9.84 Å². The second-order valence-electron chi connectivity index (χ2n) is 7.45. The van der Waals surface area contributed by atoms with Crippen molar-refractivity contribution >= 4 is 23.4 Å². The van der Waals surface area contributed by atoms with Gasteiger partial charge in [-0.2, -0.15) is 0 Å². The fourth-order valence-electron chi connectivity index (χ4n) is 3.77. The van der Waals surface area contributed by atoms with Crippen molar-refractivity contribution in [3.63, 3.8) is 0 Å². The first kappa shape index (κ1) is 23.0. The third kappa shape index (κ3) is 4.80. The minimum absolute atomic E-state index is 0.00697. The Morgan fingerprint density at radius 1 is 1.03 bits per heavy atom. The number of ether oxygens (including phenoxy) is 1. The number of carbonyl (C=O) groups excluding carboxylic acids is 2. The molecule has 1 aliphatic heterocycles. The number of likely N-dealkylation sites (tertiary alicyclic amines) is 1. The molecule has 0 unspecified atom stereocenters. The molecule has 1 atom stereocenters. The Bertz CT molecular complexity index is 1050. The number of carboxylic acid groups (broad SMARTS) is 1. The number of hydrogen-bond acceptors (Lipinski definition) is 5. The minimum Gasteiger partial charge on any atom is -0.507 e. The average molecular weight is 441 g/mol. The number of aliphatic carboxylic acids is 1. The van der Waals surface area contributed by atoms with Crippen LogP contribution in [0.1, 0.15) is 42.9 Å². The highest BCUT2D eigenvalue weighted by Crippen LogP contribution is 2.40. The van der Waals surface area contributed by atoms with Crippen molar-refractivity contribution in [2.45, 2.75) is 31.7 Å². The zero-order valence-corrected chi connectivity index (χ0v) is 17.6. The summed E-state index contributed by atoms with van der Waals surface area (Å²) in [5.41, 5.74) is 0.217. The van der Waals surface area contributed by atoms with Crippen LogP contribution in [0.25, 0.3) is 5.76 Å². The van der Waals surface area contributed by atoms with Crippen LogP contribution in [-0.2, 0) is 14.4 Å². The van der Waals surface area contributed by atoms with Crippen LogP contribution < -0.4 is 4.74 Å². The first-order valence-electron chi connectivity index (χ1n) is 10.2. The predicted molar refractivity (Wildman–Crippen MR) is 115 cm³/mol. The predicted octanol–water partition coefficient (Wildman–Crippen LogP) is 3.90. The number of amides is 1. The van der Waals surface area contributed by atoms with E-state index < -0.39 is 35.3 Å². The van der Waals surface area contributed by atoms with E-state index in [0.717, 1.165) is 0 Å². The summed E-state index contributed by atoms with van der Waals surface area (Å²) in [6.45, 7) is 0.128. The summed E-state index contributed by atoms with van der Waals surface area (Å²) in [7, 11) is 1.50. The zero-order valence-electron chi connectivity index (χ0n) is 17.6. The first-order valence-corrected chi connectivity index (χ1v) is 10.2. The third-order valence-electron chi connectivity index (χ3n) is 5.39. The maximum atomic E-state index is 14.7. The van der Waals surface area contributed by atoms with E-state index in [1.54, 1.807) is 30.3 Å². The summed E-state index contributed by atoms with van der Waals surface area (Å²) in [6, 6.07) is 11.0. The van der Waals surface area contributed by atoms with Gasteiger partial charge in [-0.15, -0.1) is 0 Å². The van der Waals surface area contributed by atoms with Gasteiger partial charge < -0.3 is 19.8 Å². The number of carbonyl (C=O) groups is 3. The number of aliphatic hydroxyl groups excluding tert-OH is 1. The second-order valence-corrected chi connectivity index (χ2v) is 7.45. The van der Waals surface area contributed by atoms with Crippen molar-refractivity contribution in [2.24, 2.45) is 0 Å². The van der Waals surface area contributed by atoms with E-state index in [1.165, 1.54) is 30.2 Å². The van der Waals surface area contributed by atoms with Crippen molar-refractivity contribution < 1.29 is 33.7 Å². The number of benzene rings is 2. The van der Waals surface area contributed by atoms with Crippen molar-refractivity contribution in [3.8, 4) is 5.75 Å². The average Bonchev–Trinajstić information content (AvgIpc) is 3.03.